The Bertz CT molecular complexity index is 453. The molecule has 3 nitrogen and oxygen atoms in total. The van der Waals surface area contributed by atoms with Gasteiger partial charge in [0.1, 0.15) is 5.84 Å². The van der Waals surface area contributed by atoms with Crippen LogP contribution in [0.3, 0.4) is 0 Å². The molecule has 0 spiro atoms. The first kappa shape index (κ1) is 10.5. The average Bonchev–Trinajstić information content (AvgIpc) is 2.56. The van der Waals surface area contributed by atoms with Crippen molar-refractivity contribution in [2.45, 2.75) is 31.7 Å². The minimum atomic E-state index is -0.288. The molecule has 0 aliphatic carbocycles. The van der Waals surface area contributed by atoms with E-state index in [1.807, 2.05) is 35.2 Å². The lowest BCUT2D eigenvalue weighted by Gasteiger charge is -2.16. The Morgan fingerprint density at radius 3 is 2.76 bits per heavy atom. The zero-order valence-corrected chi connectivity index (χ0v) is 9.80. The number of aliphatic imine (C=N–C) groups is 1. The molecule has 0 saturated carbocycles. The minimum Gasteiger partial charge on any atom is -0.298 e. The molecule has 0 N–H and O–H groups in total. The van der Waals surface area contributed by atoms with Crippen molar-refractivity contribution < 1.29 is 4.79 Å². The van der Waals surface area contributed by atoms with Gasteiger partial charge in [0.15, 0.2) is 6.04 Å². The van der Waals surface area contributed by atoms with Crippen LogP contribution < -0.4 is 0 Å². The Kier molecular flexibility index (Phi) is 2.67. The third-order valence-corrected chi connectivity index (χ3v) is 3.49. The normalized spacial score (nSPS) is 24.2. The molecule has 0 radical (unpaired) electrons. The van der Waals surface area contributed by atoms with Gasteiger partial charge in [-0.2, -0.15) is 0 Å². The van der Waals surface area contributed by atoms with Crippen molar-refractivity contribution in [2.24, 2.45) is 4.99 Å². The monoisotopic (exact) mass is 228 g/mol. The number of nitrogens with zero attached hydrogens (tertiary/aromatic N) is 2. The lowest BCUT2D eigenvalue weighted by molar-refractivity contribution is -0.127. The molecule has 1 atom stereocenters. The number of carbonyl (C=O) groups excluding carboxylic acids is 1. The smallest absolute Gasteiger partial charge is 0.257 e. The van der Waals surface area contributed by atoms with E-state index in [0.717, 1.165) is 37.2 Å². The maximum absolute atomic E-state index is 12.3. The summed E-state index contributed by atoms with van der Waals surface area (Å²) in [5, 5.41) is 0. The summed E-state index contributed by atoms with van der Waals surface area (Å²) in [6.07, 6.45) is 4.42. The summed E-state index contributed by atoms with van der Waals surface area (Å²) in [6, 6.07) is 9.58. The van der Waals surface area contributed by atoms with Crippen LogP contribution in [-0.2, 0) is 4.79 Å². The van der Waals surface area contributed by atoms with Crippen molar-refractivity contribution >= 4 is 11.7 Å². The van der Waals surface area contributed by atoms with Crippen LogP contribution >= 0.6 is 0 Å². The molecule has 1 aromatic carbocycles. The Balaban J connectivity index is 1.91. The number of benzene rings is 1. The van der Waals surface area contributed by atoms with Gasteiger partial charge in [-0.15, -0.1) is 0 Å². The summed E-state index contributed by atoms with van der Waals surface area (Å²) in [4.78, 5) is 18.8. The fourth-order valence-corrected chi connectivity index (χ4v) is 2.57. The number of carbonyl (C=O) groups is 1. The van der Waals surface area contributed by atoms with Crippen molar-refractivity contribution in [1.82, 2.24) is 4.90 Å². The molecule has 1 saturated heterocycles. The fourth-order valence-electron chi connectivity index (χ4n) is 2.57. The fraction of sp³-hybridized carbons (Fsp3) is 0.429. The quantitative estimate of drug-likeness (QED) is 0.727. The highest BCUT2D eigenvalue weighted by Gasteiger charge is 2.35. The van der Waals surface area contributed by atoms with Crippen LogP contribution in [0.2, 0.25) is 0 Å². The van der Waals surface area contributed by atoms with Crippen molar-refractivity contribution in [2.75, 3.05) is 6.54 Å². The summed E-state index contributed by atoms with van der Waals surface area (Å²) in [7, 11) is 0. The second-order valence-electron chi connectivity index (χ2n) is 4.66. The second-order valence-corrected chi connectivity index (χ2v) is 4.66. The van der Waals surface area contributed by atoms with Crippen molar-refractivity contribution in [3.63, 3.8) is 0 Å². The zero-order chi connectivity index (χ0) is 11.7. The third-order valence-electron chi connectivity index (χ3n) is 3.49. The lowest BCUT2D eigenvalue weighted by Crippen LogP contribution is -2.32. The maximum atomic E-state index is 12.3. The molecular formula is C14H16N2O. The molecule has 17 heavy (non-hydrogen) atoms. The van der Waals surface area contributed by atoms with E-state index in [9.17, 15) is 4.79 Å². The molecule has 1 fully saturated rings. The number of amides is 1. The van der Waals surface area contributed by atoms with E-state index in [1.54, 1.807) is 0 Å². The Morgan fingerprint density at radius 1 is 1.12 bits per heavy atom. The predicted molar refractivity (Wildman–Crippen MR) is 66.8 cm³/mol. The van der Waals surface area contributed by atoms with E-state index in [1.165, 1.54) is 6.42 Å². The molecule has 1 amide bonds. The first-order chi connectivity index (χ1) is 8.36. The first-order valence-electron chi connectivity index (χ1n) is 6.29. The largest absolute Gasteiger partial charge is 0.298 e. The highest BCUT2D eigenvalue weighted by molar-refractivity contribution is 6.06. The van der Waals surface area contributed by atoms with Gasteiger partial charge < -0.3 is 0 Å². The Labute approximate surface area is 101 Å². The summed E-state index contributed by atoms with van der Waals surface area (Å²) < 4.78 is 0. The molecule has 3 rings (SSSR count). The first-order valence-corrected chi connectivity index (χ1v) is 6.29. The van der Waals surface area contributed by atoms with Gasteiger partial charge >= 0.3 is 0 Å². The minimum absolute atomic E-state index is 0.160. The van der Waals surface area contributed by atoms with Gasteiger partial charge in [0, 0.05) is 13.0 Å². The molecule has 0 aromatic heterocycles. The topological polar surface area (TPSA) is 32.7 Å². The van der Waals surface area contributed by atoms with E-state index in [2.05, 4.69) is 4.99 Å². The predicted octanol–water partition coefficient (Wildman–Crippen LogP) is 2.54. The summed E-state index contributed by atoms with van der Waals surface area (Å²) in [5.74, 6) is 1.16. The SMILES string of the molecule is O=C1C(c2ccccc2)N=C2CCCCCN12. The van der Waals surface area contributed by atoms with E-state index in [4.69, 9.17) is 0 Å². The molecule has 2 aliphatic rings. The van der Waals surface area contributed by atoms with Crippen LogP contribution in [0, 0.1) is 0 Å². The molecule has 1 unspecified atom stereocenters. The molecular weight excluding hydrogens is 212 g/mol. The standard InChI is InChI=1S/C14H16N2O/c17-14-13(11-7-3-1-4-8-11)15-12-9-5-2-6-10-16(12)14/h1,3-4,7-8,13H,2,5-6,9-10H2. The van der Waals surface area contributed by atoms with E-state index in [0.29, 0.717) is 0 Å². The lowest BCUT2D eigenvalue weighted by atomic mass is 10.1. The number of rotatable bonds is 1. The van der Waals surface area contributed by atoms with E-state index in [-0.39, 0.29) is 11.9 Å². The van der Waals surface area contributed by atoms with Gasteiger partial charge in [-0.1, -0.05) is 36.8 Å². The van der Waals surface area contributed by atoms with Gasteiger partial charge in [-0.25, -0.2) is 0 Å². The zero-order valence-electron chi connectivity index (χ0n) is 9.80. The maximum Gasteiger partial charge on any atom is 0.257 e. The molecule has 3 heteroatoms. The van der Waals surface area contributed by atoms with Gasteiger partial charge in [0.25, 0.3) is 5.91 Å². The number of fused-ring (bicyclic) bond motifs is 1. The van der Waals surface area contributed by atoms with Crippen molar-refractivity contribution in [3.05, 3.63) is 35.9 Å². The highest BCUT2D eigenvalue weighted by Crippen LogP contribution is 2.29. The van der Waals surface area contributed by atoms with Crippen molar-refractivity contribution in [1.29, 1.82) is 0 Å². The molecule has 1 aromatic rings. The van der Waals surface area contributed by atoms with Crippen LogP contribution in [-0.4, -0.2) is 23.2 Å². The van der Waals surface area contributed by atoms with Gasteiger partial charge in [-0.3, -0.25) is 14.7 Å². The summed E-state index contributed by atoms with van der Waals surface area (Å²) in [6.45, 7) is 0.848. The summed E-state index contributed by atoms with van der Waals surface area (Å²) >= 11 is 0. The van der Waals surface area contributed by atoms with Gasteiger partial charge in [0.05, 0.1) is 0 Å². The van der Waals surface area contributed by atoms with Crippen LogP contribution in [0.25, 0.3) is 0 Å². The van der Waals surface area contributed by atoms with E-state index < -0.39 is 0 Å². The highest BCUT2D eigenvalue weighted by atomic mass is 16.2. The Morgan fingerprint density at radius 2 is 1.94 bits per heavy atom. The van der Waals surface area contributed by atoms with Crippen LogP contribution in [0.1, 0.15) is 37.3 Å². The number of hydrogen-bond donors (Lipinski definition) is 0. The molecule has 2 aliphatic heterocycles. The van der Waals surface area contributed by atoms with Crippen LogP contribution in [0.4, 0.5) is 0 Å². The van der Waals surface area contributed by atoms with E-state index >= 15 is 0 Å². The third kappa shape index (κ3) is 1.86. The van der Waals surface area contributed by atoms with Crippen LogP contribution in [0.15, 0.2) is 35.3 Å². The number of hydrogen-bond acceptors (Lipinski definition) is 2. The Hall–Kier alpha value is -1.64. The van der Waals surface area contributed by atoms with Crippen LogP contribution in [0.5, 0.6) is 0 Å². The van der Waals surface area contributed by atoms with Crippen molar-refractivity contribution in [3.8, 4) is 0 Å². The summed E-state index contributed by atoms with van der Waals surface area (Å²) in [5.41, 5.74) is 1.01. The van der Waals surface area contributed by atoms with Gasteiger partial charge in [-0.05, 0) is 18.4 Å². The average molecular weight is 228 g/mol. The van der Waals surface area contributed by atoms with Gasteiger partial charge in [0.2, 0.25) is 0 Å². The molecule has 2 heterocycles. The number of amidine groups is 1. The molecule has 0 bridgehead atoms. The molecule has 88 valence electrons. The second kappa shape index (κ2) is 4.32.